The summed E-state index contributed by atoms with van der Waals surface area (Å²) in [6.07, 6.45) is 7.36. The molecule has 0 bridgehead atoms. The fourth-order valence-corrected chi connectivity index (χ4v) is 5.31. The summed E-state index contributed by atoms with van der Waals surface area (Å²) in [5.41, 5.74) is 0.608. The van der Waals surface area contributed by atoms with E-state index in [2.05, 4.69) is 59.0 Å². The van der Waals surface area contributed by atoms with Gasteiger partial charge in [-0.3, -0.25) is 9.59 Å². The first-order chi connectivity index (χ1) is 17.5. The lowest BCUT2D eigenvalue weighted by molar-refractivity contribution is -0.161. The second-order valence-electron chi connectivity index (χ2n) is 10.2. The molecule has 0 saturated carbocycles. The minimum absolute atomic E-state index is 0.0108. The van der Waals surface area contributed by atoms with Crippen molar-refractivity contribution < 1.29 is 14.4 Å². The summed E-state index contributed by atoms with van der Waals surface area (Å²) in [6, 6.07) is 9.87. The predicted octanol–water partition coefficient (Wildman–Crippen LogP) is 3.07. The van der Waals surface area contributed by atoms with E-state index >= 15 is 0 Å². The second kappa shape index (κ2) is 14.2. The van der Waals surface area contributed by atoms with E-state index in [9.17, 15) is 14.4 Å². The number of hydrogen-bond donors (Lipinski definition) is 3. The van der Waals surface area contributed by atoms with Crippen LogP contribution in [0.2, 0.25) is 0 Å². The monoisotopic (exact) mass is 499 g/mol. The highest BCUT2D eigenvalue weighted by Gasteiger charge is 2.52. The van der Waals surface area contributed by atoms with E-state index in [0.717, 1.165) is 58.2 Å². The van der Waals surface area contributed by atoms with Crippen molar-refractivity contribution in [3.63, 3.8) is 0 Å². The van der Waals surface area contributed by atoms with Crippen molar-refractivity contribution in [2.75, 3.05) is 39.3 Å². The van der Waals surface area contributed by atoms with Crippen LogP contribution in [-0.4, -0.2) is 78.5 Å². The van der Waals surface area contributed by atoms with Gasteiger partial charge in [0.05, 0.1) is 0 Å². The molecule has 8 heteroatoms. The molecule has 1 aromatic rings. The molecule has 1 atom stereocenters. The molecule has 2 saturated heterocycles. The van der Waals surface area contributed by atoms with Crippen LogP contribution < -0.4 is 16.0 Å². The standard InChI is InChI=1S/C28H45N5O3/c1-3-5-17-29-27(36)30-18-10-9-13-24-25(34)33(19-4-2)28(26(35)31-24)15-21-32(22-16-28)20-14-23-11-7-6-8-12-23/h6-8,11-12,24H,3-5,9-10,13-22H2,1-2H3,(H,31,35)(H2,29,30,36)/t24-/m0/s1. The van der Waals surface area contributed by atoms with Gasteiger partial charge in [0.15, 0.2) is 0 Å². The Balaban J connectivity index is 1.47. The molecule has 2 aliphatic rings. The number of carbonyl (C=O) groups excluding carboxylic acids is 3. The van der Waals surface area contributed by atoms with Crippen molar-refractivity contribution in [1.29, 1.82) is 0 Å². The van der Waals surface area contributed by atoms with E-state index < -0.39 is 11.6 Å². The number of amides is 4. The van der Waals surface area contributed by atoms with Gasteiger partial charge in [0.2, 0.25) is 11.8 Å². The molecule has 36 heavy (non-hydrogen) atoms. The Hall–Kier alpha value is -2.61. The van der Waals surface area contributed by atoms with E-state index in [1.165, 1.54) is 5.56 Å². The first kappa shape index (κ1) is 28.0. The zero-order valence-corrected chi connectivity index (χ0v) is 22.2. The number of likely N-dealkylation sites (tertiary alicyclic amines) is 1. The number of urea groups is 1. The molecule has 200 valence electrons. The highest BCUT2D eigenvalue weighted by Crippen LogP contribution is 2.34. The summed E-state index contributed by atoms with van der Waals surface area (Å²) in [6.45, 7) is 8.63. The zero-order valence-electron chi connectivity index (χ0n) is 22.2. The van der Waals surface area contributed by atoms with E-state index in [1.54, 1.807) is 0 Å². The Morgan fingerprint density at radius 2 is 1.67 bits per heavy atom. The maximum absolute atomic E-state index is 13.5. The fourth-order valence-electron chi connectivity index (χ4n) is 5.31. The van der Waals surface area contributed by atoms with Crippen molar-refractivity contribution in [3.05, 3.63) is 35.9 Å². The zero-order chi connectivity index (χ0) is 25.8. The van der Waals surface area contributed by atoms with E-state index in [-0.39, 0.29) is 17.8 Å². The largest absolute Gasteiger partial charge is 0.342 e. The summed E-state index contributed by atoms with van der Waals surface area (Å²) in [5.74, 6) is 0.0659. The first-order valence-corrected chi connectivity index (χ1v) is 13.9. The molecule has 0 unspecified atom stereocenters. The number of nitrogens with one attached hydrogen (secondary N) is 3. The van der Waals surface area contributed by atoms with Gasteiger partial charge < -0.3 is 25.8 Å². The number of benzene rings is 1. The molecule has 3 N–H and O–H groups in total. The maximum Gasteiger partial charge on any atom is 0.314 e. The quantitative estimate of drug-likeness (QED) is 0.364. The lowest BCUT2D eigenvalue weighted by atomic mass is 9.81. The summed E-state index contributed by atoms with van der Waals surface area (Å²) < 4.78 is 0. The lowest BCUT2D eigenvalue weighted by Gasteiger charge is -2.51. The van der Waals surface area contributed by atoms with Crippen LogP contribution in [-0.2, 0) is 16.0 Å². The summed E-state index contributed by atoms with van der Waals surface area (Å²) in [7, 11) is 0. The number of hydrogen-bond acceptors (Lipinski definition) is 4. The third-order valence-electron chi connectivity index (χ3n) is 7.52. The van der Waals surface area contributed by atoms with Gasteiger partial charge in [-0.2, -0.15) is 0 Å². The maximum atomic E-state index is 13.5. The van der Waals surface area contributed by atoms with Crippen LogP contribution in [0.5, 0.6) is 0 Å². The van der Waals surface area contributed by atoms with E-state index in [0.29, 0.717) is 38.9 Å². The molecular weight excluding hydrogens is 454 g/mol. The van der Waals surface area contributed by atoms with Crippen LogP contribution >= 0.6 is 0 Å². The normalized spacial score (nSPS) is 19.8. The molecule has 2 aliphatic heterocycles. The van der Waals surface area contributed by atoms with Crippen LogP contribution in [0.4, 0.5) is 4.79 Å². The molecule has 1 aromatic carbocycles. The first-order valence-electron chi connectivity index (χ1n) is 13.9. The Morgan fingerprint density at radius 1 is 0.972 bits per heavy atom. The smallest absolute Gasteiger partial charge is 0.314 e. The summed E-state index contributed by atoms with van der Waals surface area (Å²) >= 11 is 0. The van der Waals surface area contributed by atoms with Crippen LogP contribution in [0.15, 0.2) is 30.3 Å². The lowest BCUT2D eigenvalue weighted by Crippen LogP contribution is -2.72. The van der Waals surface area contributed by atoms with E-state index in [4.69, 9.17) is 0 Å². The molecule has 2 fully saturated rings. The average molecular weight is 500 g/mol. The van der Waals surface area contributed by atoms with Crippen molar-refractivity contribution in [2.45, 2.75) is 83.2 Å². The van der Waals surface area contributed by atoms with Crippen LogP contribution in [0.25, 0.3) is 0 Å². The molecule has 4 amide bonds. The molecule has 2 heterocycles. The van der Waals surface area contributed by atoms with Gasteiger partial charge in [0.25, 0.3) is 0 Å². The topological polar surface area (TPSA) is 93.8 Å². The SMILES string of the molecule is CCCCNC(=O)NCCCC[C@@H]1NC(=O)C2(CCN(CCc3ccccc3)CC2)N(CCC)C1=O. The van der Waals surface area contributed by atoms with Gasteiger partial charge in [0.1, 0.15) is 11.6 Å². The molecule has 0 aliphatic carbocycles. The van der Waals surface area contributed by atoms with Crippen molar-refractivity contribution >= 4 is 17.8 Å². The molecular formula is C28H45N5O3. The van der Waals surface area contributed by atoms with Gasteiger partial charge in [-0.15, -0.1) is 0 Å². The van der Waals surface area contributed by atoms with Crippen LogP contribution in [0.3, 0.4) is 0 Å². The van der Waals surface area contributed by atoms with Crippen molar-refractivity contribution in [1.82, 2.24) is 25.8 Å². The number of nitrogens with zero attached hydrogens (tertiary/aromatic N) is 2. The van der Waals surface area contributed by atoms with Crippen LogP contribution in [0, 0.1) is 0 Å². The summed E-state index contributed by atoms with van der Waals surface area (Å²) in [5, 5.41) is 8.77. The molecule has 0 aromatic heterocycles. The number of piperazine rings is 1. The minimum Gasteiger partial charge on any atom is -0.342 e. The Kier molecular flexibility index (Phi) is 11.0. The predicted molar refractivity (Wildman–Crippen MR) is 143 cm³/mol. The van der Waals surface area contributed by atoms with Gasteiger partial charge in [-0.25, -0.2) is 4.79 Å². The fraction of sp³-hybridized carbons (Fsp3) is 0.679. The molecule has 3 rings (SSSR count). The van der Waals surface area contributed by atoms with Gasteiger partial charge in [0, 0.05) is 39.3 Å². The van der Waals surface area contributed by atoms with Gasteiger partial charge >= 0.3 is 6.03 Å². The van der Waals surface area contributed by atoms with Gasteiger partial charge in [-0.05, 0) is 56.9 Å². The Morgan fingerprint density at radius 3 is 2.33 bits per heavy atom. The van der Waals surface area contributed by atoms with Gasteiger partial charge in [-0.1, -0.05) is 50.6 Å². The number of carbonyl (C=O) groups is 3. The number of unbranched alkanes of at least 4 members (excludes halogenated alkanes) is 2. The van der Waals surface area contributed by atoms with Crippen molar-refractivity contribution in [2.24, 2.45) is 0 Å². The molecule has 8 nitrogen and oxygen atoms in total. The van der Waals surface area contributed by atoms with E-state index in [1.807, 2.05) is 11.0 Å². The van der Waals surface area contributed by atoms with Crippen LogP contribution in [0.1, 0.15) is 70.8 Å². The average Bonchev–Trinajstić information content (AvgIpc) is 2.89. The minimum atomic E-state index is -0.717. The van der Waals surface area contributed by atoms with Crippen molar-refractivity contribution in [3.8, 4) is 0 Å². The second-order valence-corrected chi connectivity index (χ2v) is 10.2. The molecule has 1 spiro atoms. The highest BCUT2D eigenvalue weighted by molar-refractivity contribution is 6.00. The number of piperidine rings is 1. The summed E-state index contributed by atoms with van der Waals surface area (Å²) in [4.78, 5) is 42.9. The molecule has 0 radical (unpaired) electrons. The highest BCUT2D eigenvalue weighted by atomic mass is 16.2. The third-order valence-corrected chi connectivity index (χ3v) is 7.52. The Bertz CT molecular complexity index is 839. The number of rotatable bonds is 13. The Labute approximate surface area is 216 Å². The third kappa shape index (κ3) is 7.45.